The lowest BCUT2D eigenvalue weighted by Crippen LogP contribution is -2.44. The highest BCUT2D eigenvalue weighted by Gasteiger charge is 2.27. The Morgan fingerprint density at radius 1 is 1.08 bits per heavy atom. The summed E-state index contributed by atoms with van der Waals surface area (Å²) in [5, 5.41) is 12.6. The number of carboxylic acid groups (broad SMARTS) is 1. The molecule has 0 radical (unpaired) electrons. The number of ether oxygens (including phenoxy) is 3. The molecule has 1 atom stereocenters. The fourth-order valence-corrected chi connectivity index (χ4v) is 2.93. The summed E-state index contributed by atoms with van der Waals surface area (Å²) in [7, 11) is 6.22. The molecule has 2 N–H and O–H groups in total. The number of methoxy groups -OCH3 is 3. The largest absolute Gasteiger partial charge is 0.493 e. The van der Waals surface area contributed by atoms with Crippen molar-refractivity contribution in [1.82, 2.24) is 9.88 Å². The first kappa shape index (κ1) is 19.4. The van der Waals surface area contributed by atoms with Gasteiger partial charge in [0, 0.05) is 12.4 Å². The number of hydrogen-bond acceptors (Lipinski definition) is 5. The van der Waals surface area contributed by atoms with Gasteiger partial charge in [-0.3, -0.25) is 4.79 Å². The van der Waals surface area contributed by atoms with E-state index in [2.05, 4.69) is 5.32 Å². The summed E-state index contributed by atoms with van der Waals surface area (Å²) in [4.78, 5) is 24.0. The first-order valence-electron chi connectivity index (χ1n) is 8.08. The molecule has 2 rings (SSSR count). The van der Waals surface area contributed by atoms with E-state index in [1.54, 1.807) is 37.6 Å². The zero-order valence-corrected chi connectivity index (χ0v) is 15.7. The maximum atomic E-state index is 12.7. The number of nitrogens with zero attached hydrogens (tertiary/aromatic N) is 1. The third kappa shape index (κ3) is 3.26. The number of carbonyl (C=O) groups excluding carboxylic acids is 1. The Hall–Kier alpha value is -2.90. The van der Waals surface area contributed by atoms with Gasteiger partial charge in [-0.2, -0.15) is 0 Å². The van der Waals surface area contributed by atoms with Crippen molar-refractivity contribution >= 4 is 22.8 Å². The molecule has 0 aliphatic rings. The summed E-state index contributed by atoms with van der Waals surface area (Å²) < 4.78 is 17.8. The molecule has 0 saturated carbocycles. The number of aliphatic carboxylic acids is 1. The molecule has 0 aliphatic heterocycles. The maximum absolute atomic E-state index is 12.7. The fourth-order valence-electron chi connectivity index (χ4n) is 2.93. The second-order valence-corrected chi connectivity index (χ2v) is 6.21. The number of carboxylic acids is 1. The van der Waals surface area contributed by atoms with E-state index in [1.165, 1.54) is 21.3 Å². The predicted molar refractivity (Wildman–Crippen MR) is 96.3 cm³/mol. The Balaban J connectivity index is 2.58. The quantitative estimate of drug-likeness (QED) is 0.780. The van der Waals surface area contributed by atoms with Crippen molar-refractivity contribution in [1.29, 1.82) is 0 Å². The molecule has 0 unspecified atom stereocenters. The van der Waals surface area contributed by atoms with Gasteiger partial charge in [0.25, 0.3) is 5.91 Å². The molecule has 1 aromatic carbocycles. The van der Waals surface area contributed by atoms with Crippen molar-refractivity contribution in [2.45, 2.75) is 19.9 Å². The van der Waals surface area contributed by atoms with Crippen LogP contribution >= 0.6 is 0 Å². The molecular weight excluding hydrogens is 340 g/mol. The van der Waals surface area contributed by atoms with Crippen molar-refractivity contribution < 1.29 is 28.9 Å². The summed E-state index contributed by atoms with van der Waals surface area (Å²) in [6.07, 6.45) is 0. The van der Waals surface area contributed by atoms with Gasteiger partial charge in [0.05, 0.1) is 26.8 Å². The van der Waals surface area contributed by atoms with E-state index >= 15 is 0 Å². The molecule has 1 heterocycles. The van der Waals surface area contributed by atoms with Gasteiger partial charge in [-0.05, 0) is 18.1 Å². The van der Waals surface area contributed by atoms with Crippen LogP contribution in [0, 0.1) is 5.92 Å². The number of rotatable bonds is 7. The third-order valence-electron chi connectivity index (χ3n) is 4.27. The van der Waals surface area contributed by atoms with Crippen LogP contribution in [0.15, 0.2) is 12.1 Å². The molecular formula is C18H24N2O6. The van der Waals surface area contributed by atoms with Crippen LogP contribution in [0.2, 0.25) is 0 Å². The first-order chi connectivity index (χ1) is 12.3. The van der Waals surface area contributed by atoms with Crippen LogP contribution < -0.4 is 19.5 Å². The molecule has 1 aromatic heterocycles. The Morgan fingerprint density at radius 2 is 1.69 bits per heavy atom. The molecule has 142 valence electrons. The van der Waals surface area contributed by atoms with Crippen LogP contribution in [-0.2, 0) is 11.8 Å². The Bertz CT molecular complexity index is 840. The van der Waals surface area contributed by atoms with Crippen molar-refractivity contribution in [3.63, 3.8) is 0 Å². The molecule has 8 nitrogen and oxygen atoms in total. The van der Waals surface area contributed by atoms with E-state index in [4.69, 9.17) is 14.2 Å². The van der Waals surface area contributed by atoms with Gasteiger partial charge in [-0.1, -0.05) is 13.8 Å². The first-order valence-corrected chi connectivity index (χ1v) is 8.08. The van der Waals surface area contributed by atoms with Crippen molar-refractivity contribution in [3.8, 4) is 17.2 Å². The highest BCUT2D eigenvalue weighted by Crippen LogP contribution is 2.44. The molecule has 1 amide bonds. The van der Waals surface area contributed by atoms with E-state index in [0.29, 0.717) is 33.8 Å². The van der Waals surface area contributed by atoms with E-state index < -0.39 is 17.9 Å². The van der Waals surface area contributed by atoms with Gasteiger partial charge in [-0.15, -0.1) is 0 Å². The highest BCUT2D eigenvalue weighted by molar-refractivity contribution is 6.02. The zero-order valence-electron chi connectivity index (χ0n) is 15.7. The molecule has 8 heteroatoms. The van der Waals surface area contributed by atoms with Gasteiger partial charge in [0.1, 0.15) is 11.7 Å². The van der Waals surface area contributed by atoms with Gasteiger partial charge in [0.2, 0.25) is 5.75 Å². The van der Waals surface area contributed by atoms with Crippen molar-refractivity contribution in [3.05, 3.63) is 17.8 Å². The number of aryl methyl sites for hydroxylation is 1. The van der Waals surface area contributed by atoms with Crippen LogP contribution in [-0.4, -0.2) is 48.9 Å². The number of nitrogens with one attached hydrogen (secondary N) is 1. The summed E-state index contributed by atoms with van der Waals surface area (Å²) in [5.41, 5.74) is 0.951. The van der Waals surface area contributed by atoms with Gasteiger partial charge < -0.3 is 29.2 Å². The SMILES string of the molecule is COc1cc2cc(C(=O)N[C@H](C(=O)O)C(C)C)n(C)c2c(OC)c1OC. The minimum Gasteiger partial charge on any atom is -0.493 e. The van der Waals surface area contributed by atoms with Crippen LogP contribution in [0.3, 0.4) is 0 Å². The number of hydrogen-bond donors (Lipinski definition) is 2. The Kier molecular flexibility index (Phi) is 5.64. The predicted octanol–water partition coefficient (Wildman–Crippen LogP) is 2.04. The van der Waals surface area contributed by atoms with E-state index in [-0.39, 0.29) is 5.92 Å². The molecule has 0 aliphatic carbocycles. The zero-order chi connectivity index (χ0) is 19.6. The third-order valence-corrected chi connectivity index (χ3v) is 4.27. The smallest absolute Gasteiger partial charge is 0.326 e. The van der Waals surface area contributed by atoms with Crippen LogP contribution in [0.25, 0.3) is 10.9 Å². The van der Waals surface area contributed by atoms with Crippen LogP contribution in [0.1, 0.15) is 24.3 Å². The maximum Gasteiger partial charge on any atom is 0.326 e. The topological polar surface area (TPSA) is 99.0 Å². The number of carbonyl (C=O) groups is 2. The van der Waals surface area contributed by atoms with E-state index in [0.717, 1.165) is 0 Å². The second-order valence-electron chi connectivity index (χ2n) is 6.21. The average Bonchev–Trinajstić information content (AvgIpc) is 2.93. The lowest BCUT2D eigenvalue weighted by molar-refractivity contribution is -0.140. The van der Waals surface area contributed by atoms with Gasteiger partial charge in [0.15, 0.2) is 11.5 Å². The minimum absolute atomic E-state index is 0.249. The van der Waals surface area contributed by atoms with Gasteiger partial charge in [-0.25, -0.2) is 4.79 Å². The van der Waals surface area contributed by atoms with Gasteiger partial charge >= 0.3 is 5.97 Å². The van der Waals surface area contributed by atoms with E-state index in [1.807, 2.05) is 0 Å². The molecule has 0 bridgehead atoms. The molecule has 0 spiro atoms. The molecule has 0 fully saturated rings. The number of aromatic nitrogens is 1. The van der Waals surface area contributed by atoms with Crippen molar-refractivity contribution in [2.75, 3.05) is 21.3 Å². The monoisotopic (exact) mass is 364 g/mol. The minimum atomic E-state index is -1.08. The summed E-state index contributed by atoms with van der Waals surface area (Å²) in [6, 6.07) is 2.42. The number of amides is 1. The average molecular weight is 364 g/mol. The van der Waals surface area contributed by atoms with Crippen LogP contribution in [0.5, 0.6) is 17.2 Å². The molecule has 2 aromatic rings. The van der Waals surface area contributed by atoms with Crippen LogP contribution in [0.4, 0.5) is 0 Å². The van der Waals surface area contributed by atoms with E-state index in [9.17, 15) is 14.7 Å². The Labute approximate surface area is 151 Å². The summed E-state index contributed by atoms with van der Waals surface area (Å²) in [5.74, 6) is -0.484. The standard InChI is InChI=1S/C18H24N2O6/c1-9(2)13(18(22)23)19-17(21)11-7-10-8-12(24-4)15(25-5)16(26-6)14(10)20(11)3/h7-9,13H,1-6H3,(H,19,21)(H,22,23)/t13-/m0/s1. The summed E-state index contributed by atoms with van der Waals surface area (Å²) >= 11 is 0. The number of benzene rings is 1. The van der Waals surface area contributed by atoms with Crippen molar-refractivity contribution in [2.24, 2.45) is 13.0 Å². The fraction of sp³-hybridized carbons (Fsp3) is 0.444. The lowest BCUT2D eigenvalue weighted by atomic mass is 10.0. The molecule has 0 saturated heterocycles. The second kappa shape index (κ2) is 7.55. The molecule has 26 heavy (non-hydrogen) atoms. The summed E-state index contributed by atoms with van der Waals surface area (Å²) in [6.45, 7) is 3.47. The highest BCUT2D eigenvalue weighted by atomic mass is 16.5. The normalized spacial score (nSPS) is 12.1. The Morgan fingerprint density at radius 3 is 2.15 bits per heavy atom. The lowest BCUT2D eigenvalue weighted by Gasteiger charge is -2.18. The number of fused-ring (bicyclic) bond motifs is 1.